The van der Waals surface area contributed by atoms with Crippen LogP contribution < -0.4 is 5.32 Å². The molecule has 20 heavy (non-hydrogen) atoms. The quantitative estimate of drug-likeness (QED) is 0.745. The molecule has 0 atom stereocenters. The molecule has 102 valence electrons. The van der Waals surface area contributed by atoms with E-state index in [0.717, 1.165) is 29.7 Å². The summed E-state index contributed by atoms with van der Waals surface area (Å²) in [5, 5.41) is 5.03. The van der Waals surface area contributed by atoms with Gasteiger partial charge in [-0.15, -0.1) is 0 Å². The molecule has 0 aliphatic carbocycles. The normalized spacial score (nSPS) is 10.9. The summed E-state index contributed by atoms with van der Waals surface area (Å²) in [6, 6.07) is 14.5. The molecule has 0 radical (unpaired) electrons. The summed E-state index contributed by atoms with van der Waals surface area (Å²) >= 11 is 6.08. The lowest BCUT2D eigenvalue weighted by Gasteiger charge is -2.10. The highest BCUT2D eigenvalue weighted by atomic mass is 35.5. The van der Waals surface area contributed by atoms with Gasteiger partial charge in [-0.05, 0) is 41.8 Å². The van der Waals surface area contributed by atoms with Gasteiger partial charge in [0.25, 0.3) is 0 Å². The summed E-state index contributed by atoms with van der Waals surface area (Å²) in [5.74, 6) is -0.212. The second-order valence-electron chi connectivity index (χ2n) is 4.62. The monoisotopic (exact) mass is 288 g/mol. The minimum absolute atomic E-state index is 0.212. The first-order valence-corrected chi connectivity index (χ1v) is 6.84. The van der Waals surface area contributed by atoms with E-state index in [9.17, 15) is 4.39 Å². The summed E-state index contributed by atoms with van der Waals surface area (Å²) in [6.45, 7) is 1.47. The standard InChI is InChI=1S/C16H14ClFN2/c17-14-3-1-2-4-15(14)19-8-10-20-9-7-12-5-6-13(18)11-16(12)20/h1-7,9,11,19H,8,10H2. The first-order valence-electron chi connectivity index (χ1n) is 6.47. The van der Waals surface area contributed by atoms with E-state index in [1.165, 1.54) is 6.07 Å². The van der Waals surface area contributed by atoms with Gasteiger partial charge >= 0.3 is 0 Å². The highest BCUT2D eigenvalue weighted by Crippen LogP contribution is 2.21. The molecule has 0 saturated carbocycles. The van der Waals surface area contributed by atoms with Crippen molar-refractivity contribution in [1.82, 2.24) is 4.57 Å². The molecule has 0 aliphatic heterocycles. The van der Waals surface area contributed by atoms with Gasteiger partial charge in [0, 0.05) is 19.3 Å². The van der Waals surface area contributed by atoms with Crippen LogP contribution in [0.3, 0.4) is 0 Å². The maximum Gasteiger partial charge on any atom is 0.125 e. The van der Waals surface area contributed by atoms with Crippen molar-refractivity contribution in [3.05, 3.63) is 65.6 Å². The van der Waals surface area contributed by atoms with E-state index in [1.54, 1.807) is 12.1 Å². The number of hydrogen-bond acceptors (Lipinski definition) is 1. The maximum absolute atomic E-state index is 13.3. The number of fused-ring (bicyclic) bond motifs is 1. The molecule has 0 spiro atoms. The molecular formula is C16H14ClFN2. The molecule has 3 aromatic rings. The van der Waals surface area contributed by atoms with Crippen LogP contribution in [0.15, 0.2) is 54.7 Å². The predicted octanol–water partition coefficient (Wildman–Crippen LogP) is 4.55. The Morgan fingerprint density at radius 2 is 1.95 bits per heavy atom. The van der Waals surface area contributed by atoms with Gasteiger partial charge in [-0.25, -0.2) is 4.39 Å². The molecule has 0 aliphatic rings. The Morgan fingerprint density at radius 1 is 1.10 bits per heavy atom. The van der Waals surface area contributed by atoms with Crippen molar-refractivity contribution < 1.29 is 4.39 Å². The van der Waals surface area contributed by atoms with Gasteiger partial charge in [-0.3, -0.25) is 0 Å². The molecule has 2 aromatic carbocycles. The van der Waals surface area contributed by atoms with Crippen LogP contribution >= 0.6 is 11.6 Å². The summed E-state index contributed by atoms with van der Waals surface area (Å²) in [5.41, 5.74) is 1.82. The molecule has 0 saturated heterocycles. The lowest BCUT2D eigenvalue weighted by Crippen LogP contribution is -2.09. The van der Waals surface area contributed by atoms with E-state index in [0.29, 0.717) is 5.02 Å². The van der Waals surface area contributed by atoms with E-state index in [-0.39, 0.29) is 5.82 Å². The Balaban J connectivity index is 1.71. The van der Waals surface area contributed by atoms with Gasteiger partial charge in [-0.2, -0.15) is 0 Å². The van der Waals surface area contributed by atoms with Crippen LogP contribution in [0.4, 0.5) is 10.1 Å². The molecular weight excluding hydrogens is 275 g/mol. The van der Waals surface area contributed by atoms with Crippen molar-refractivity contribution in [2.75, 3.05) is 11.9 Å². The minimum atomic E-state index is -0.212. The Labute approximate surface area is 121 Å². The van der Waals surface area contributed by atoms with Gasteiger partial charge in [0.15, 0.2) is 0 Å². The van der Waals surface area contributed by atoms with Crippen molar-refractivity contribution in [2.45, 2.75) is 6.54 Å². The molecule has 1 heterocycles. The Bertz CT molecular complexity index is 736. The largest absolute Gasteiger partial charge is 0.382 e. The third kappa shape index (κ3) is 2.63. The summed E-state index contributed by atoms with van der Waals surface area (Å²) < 4.78 is 15.3. The molecule has 0 fully saturated rings. The highest BCUT2D eigenvalue weighted by Gasteiger charge is 2.03. The zero-order chi connectivity index (χ0) is 13.9. The molecule has 1 N–H and O–H groups in total. The molecule has 4 heteroatoms. The fraction of sp³-hybridized carbons (Fsp3) is 0.125. The minimum Gasteiger partial charge on any atom is -0.382 e. The SMILES string of the molecule is Fc1ccc2ccn(CCNc3ccccc3Cl)c2c1. The summed E-state index contributed by atoms with van der Waals surface area (Å²) in [7, 11) is 0. The highest BCUT2D eigenvalue weighted by molar-refractivity contribution is 6.33. The third-order valence-electron chi connectivity index (χ3n) is 3.28. The second-order valence-corrected chi connectivity index (χ2v) is 5.03. The number of rotatable bonds is 4. The number of nitrogens with one attached hydrogen (secondary N) is 1. The van der Waals surface area contributed by atoms with Gasteiger partial charge < -0.3 is 9.88 Å². The smallest absolute Gasteiger partial charge is 0.125 e. The van der Waals surface area contributed by atoms with Crippen LogP contribution in [0, 0.1) is 5.82 Å². The first kappa shape index (κ1) is 13.0. The average Bonchev–Trinajstić information content (AvgIpc) is 2.83. The topological polar surface area (TPSA) is 17.0 Å². The molecule has 0 unspecified atom stereocenters. The van der Waals surface area contributed by atoms with Crippen molar-refractivity contribution in [1.29, 1.82) is 0 Å². The second kappa shape index (κ2) is 5.55. The predicted molar refractivity (Wildman–Crippen MR) is 81.8 cm³/mol. The number of hydrogen-bond donors (Lipinski definition) is 1. The van der Waals surface area contributed by atoms with Crippen molar-refractivity contribution >= 4 is 28.2 Å². The number of aromatic nitrogens is 1. The van der Waals surface area contributed by atoms with Crippen molar-refractivity contribution in [3.63, 3.8) is 0 Å². The molecule has 1 aromatic heterocycles. The van der Waals surface area contributed by atoms with Crippen LogP contribution in [-0.4, -0.2) is 11.1 Å². The lowest BCUT2D eigenvalue weighted by atomic mass is 10.2. The number of anilines is 1. The van der Waals surface area contributed by atoms with Gasteiger partial charge in [-0.1, -0.05) is 23.7 Å². The number of nitrogens with zero attached hydrogens (tertiary/aromatic N) is 1. The van der Waals surface area contributed by atoms with Gasteiger partial charge in [0.05, 0.1) is 16.2 Å². The van der Waals surface area contributed by atoms with Crippen molar-refractivity contribution in [2.24, 2.45) is 0 Å². The number of para-hydroxylation sites is 1. The molecule has 0 bridgehead atoms. The van der Waals surface area contributed by atoms with Crippen LogP contribution in [0.25, 0.3) is 10.9 Å². The third-order valence-corrected chi connectivity index (χ3v) is 3.61. The lowest BCUT2D eigenvalue weighted by molar-refractivity contribution is 0.628. The van der Waals surface area contributed by atoms with E-state index in [1.807, 2.05) is 41.1 Å². The van der Waals surface area contributed by atoms with E-state index in [4.69, 9.17) is 11.6 Å². The number of benzene rings is 2. The van der Waals surface area contributed by atoms with Crippen LogP contribution in [0.5, 0.6) is 0 Å². The summed E-state index contributed by atoms with van der Waals surface area (Å²) in [6.07, 6.45) is 1.97. The summed E-state index contributed by atoms with van der Waals surface area (Å²) in [4.78, 5) is 0. The van der Waals surface area contributed by atoms with E-state index >= 15 is 0 Å². The van der Waals surface area contributed by atoms with Crippen molar-refractivity contribution in [3.8, 4) is 0 Å². The fourth-order valence-corrected chi connectivity index (χ4v) is 2.47. The van der Waals surface area contributed by atoms with E-state index in [2.05, 4.69) is 5.32 Å². The zero-order valence-electron chi connectivity index (χ0n) is 10.8. The first-order chi connectivity index (χ1) is 9.74. The Hall–Kier alpha value is -2.00. The fourth-order valence-electron chi connectivity index (χ4n) is 2.27. The Kier molecular flexibility index (Phi) is 3.61. The van der Waals surface area contributed by atoms with Crippen LogP contribution in [-0.2, 0) is 6.54 Å². The molecule has 2 nitrogen and oxygen atoms in total. The van der Waals surface area contributed by atoms with Gasteiger partial charge in [0.2, 0.25) is 0 Å². The number of halogens is 2. The van der Waals surface area contributed by atoms with Gasteiger partial charge in [0.1, 0.15) is 5.82 Å². The van der Waals surface area contributed by atoms with Crippen LogP contribution in [0.1, 0.15) is 0 Å². The molecule has 0 amide bonds. The maximum atomic E-state index is 13.3. The van der Waals surface area contributed by atoms with E-state index < -0.39 is 0 Å². The Morgan fingerprint density at radius 3 is 2.80 bits per heavy atom. The zero-order valence-corrected chi connectivity index (χ0v) is 11.6. The van der Waals surface area contributed by atoms with Crippen LogP contribution in [0.2, 0.25) is 5.02 Å². The molecule has 3 rings (SSSR count). The average molecular weight is 289 g/mol.